The molecule has 44 heavy (non-hydrogen) atoms. The van der Waals surface area contributed by atoms with Gasteiger partial charge in [-0.25, -0.2) is 9.59 Å². The van der Waals surface area contributed by atoms with Crippen LogP contribution in [0.5, 0.6) is 0 Å². The molecule has 4 rings (SSSR count). The number of piperidine rings is 2. The molecule has 2 heterocycles. The van der Waals surface area contributed by atoms with E-state index in [0.29, 0.717) is 37.8 Å². The smallest absolute Gasteiger partial charge is 0.410 e. The van der Waals surface area contributed by atoms with Crippen molar-refractivity contribution >= 4 is 12.2 Å². The van der Waals surface area contributed by atoms with Crippen molar-refractivity contribution < 1.29 is 19.1 Å². The van der Waals surface area contributed by atoms with Crippen molar-refractivity contribution in [3.05, 3.63) is 71.8 Å². The molecule has 2 aliphatic rings. The van der Waals surface area contributed by atoms with E-state index in [-0.39, 0.29) is 24.3 Å². The third-order valence-electron chi connectivity index (χ3n) is 7.81. The first-order valence-electron chi connectivity index (χ1n) is 15.6. The molecule has 236 valence electrons. The highest BCUT2D eigenvalue weighted by Gasteiger charge is 2.36. The predicted octanol–water partition coefficient (Wildman–Crippen LogP) is 8.58. The van der Waals surface area contributed by atoms with Gasteiger partial charge in [0.05, 0.1) is 24.2 Å². The molecule has 0 aromatic heterocycles. The van der Waals surface area contributed by atoms with Crippen molar-refractivity contribution in [2.75, 3.05) is 13.1 Å². The van der Waals surface area contributed by atoms with E-state index in [4.69, 9.17) is 20.0 Å². The monoisotopic (exact) mass is 600 g/mol. The van der Waals surface area contributed by atoms with Gasteiger partial charge in [0.15, 0.2) is 0 Å². The fourth-order valence-corrected chi connectivity index (χ4v) is 5.77. The lowest BCUT2D eigenvalue weighted by Crippen LogP contribution is -2.43. The second kappa shape index (κ2) is 15.6. The fourth-order valence-electron chi connectivity index (χ4n) is 5.77. The van der Waals surface area contributed by atoms with Gasteiger partial charge < -0.3 is 19.3 Å². The first-order chi connectivity index (χ1) is 20.8. The van der Waals surface area contributed by atoms with E-state index in [1.54, 1.807) is 0 Å². The Morgan fingerprint density at radius 2 is 1.02 bits per heavy atom. The van der Waals surface area contributed by atoms with E-state index < -0.39 is 11.2 Å². The molecule has 2 aromatic carbocycles. The van der Waals surface area contributed by atoms with Gasteiger partial charge in [0.1, 0.15) is 11.2 Å². The van der Waals surface area contributed by atoms with Crippen LogP contribution in [0.2, 0.25) is 0 Å². The first kappa shape index (κ1) is 34.5. The maximum Gasteiger partial charge on any atom is 0.410 e. The van der Waals surface area contributed by atoms with Gasteiger partial charge in [-0.15, -0.1) is 0 Å². The van der Waals surface area contributed by atoms with Crippen molar-refractivity contribution in [1.82, 2.24) is 9.80 Å². The highest BCUT2D eigenvalue weighted by molar-refractivity contribution is 5.69. The third-order valence-corrected chi connectivity index (χ3v) is 7.81. The SMILES string of the molecule is CC(C)(C)OC(=O)N1CCC(CC#N)CC1c1ccccc1.CC(C)(C)OC(=O)N1CCC(CC#N)CC1c1ccccc1. The molecule has 8 nitrogen and oxygen atoms in total. The van der Waals surface area contributed by atoms with Crippen LogP contribution in [0.15, 0.2) is 60.7 Å². The summed E-state index contributed by atoms with van der Waals surface area (Å²) in [5.41, 5.74) is 1.22. The normalized spacial score (nSPS) is 22.0. The van der Waals surface area contributed by atoms with Crippen LogP contribution in [-0.4, -0.2) is 46.3 Å². The Morgan fingerprint density at radius 1 is 0.682 bits per heavy atom. The van der Waals surface area contributed by atoms with Gasteiger partial charge in [-0.05, 0) is 90.2 Å². The minimum Gasteiger partial charge on any atom is -0.444 e. The summed E-state index contributed by atoms with van der Waals surface area (Å²) in [5.74, 6) is 0.683. The number of amides is 2. The molecule has 2 fully saturated rings. The molecule has 2 aromatic rings. The van der Waals surface area contributed by atoms with Crippen LogP contribution >= 0.6 is 0 Å². The molecule has 0 bridgehead atoms. The van der Waals surface area contributed by atoms with Crippen LogP contribution in [0.1, 0.15) is 103 Å². The van der Waals surface area contributed by atoms with Crippen LogP contribution in [0, 0.1) is 34.5 Å². The van der Waals surface area contributed by atoms with Gasteiger partial charge in [-0.3, -0.25) is 0 Å². The topological polar surface area (TPSA) is 107 Å². The highest BCUT2D eigenvalue weighted by atomic mass is 16.6. The zero-order valence-electron chi connectivity index (χ0n) is 27.2. The first-order valence-corrected chi connectivity index (χ1v) is 15.6. The molecule has 2 amide bonds. The molecule has 0 saturated carbocycles. The Balaban J connectivity index is 0.000000240. The summed E-state index contributed by atoms with van der Waals surface area (Å²) < 4.78 is 11.1. The lowest BCUT2D eigenvalue weighted by atomic mass is 9.86. The molecule has 4 unspecified atom stereocenters. The Bertz CT molecular complexity index is 1190. The lowest BCUT2D eigenvalue weighted by molar-refractivity contribution is 0.00339. The maximum absolute atomic E-state index is 12.5. The fraction of sp³-hybridized carbons (Fsp3) is 0.556. The Hall–Kier alpha value is -4.04. The minimum atomic E-state index is -0.498. The predicted molar refractivity (Wildman–Crippen MR) is 170 cm³/mol. The number of benzene rings is 2. The number of ether oxygens (including phenoxy) is 2. The minimum absolute atomic E-state index is 0.0110. The lowest BCUT2D eigenvalue weighted by Gasteiger charge is -2.39. The van der Waals surface area contributed by atoms with Crippen molar-refractivity contribution in [3.8, 4) is 12.1 Å². The number of hydrogen-bond acceptors (Lipinski definition) is 6. The van der Waals surface area contributed by atoms with Gasteiger partial charge in [0.2, 0.25) is 0 Å². The largest absolute Gasteiger partial charge is 0.444 e. The average Bonchev–Trinajstić information content (AvgIpc) is 2.97. The summed E-state index contributed by atoms with van der Waals surface area (Å²) in [5, 5.41) is 17.9. The zero-order chi connectivity index (χ0) is 32.3. The summed E-state index contributed by atoms with van der Waals surface area (Å²) >= 11 is 0. The summed E-state index contributed by atoms with van der Waals surface area (Å²) in [6.07, 6.45) is 3.91. The van der Waals surface area contributed by atoms with Crippen molar-refractivity contribution in [1.29, 1.82) is 10.5 Å². The number of likely N-dealkylation sites (tertiary alicyclic amines) is 2. The van der Waals surface area contributed by atoms with E-state index in [0.717, 1.165) is 36.8 Å². The van der Waals surface area contributed by atoms with Gasteiger partial charge in [-0.1, -0.05) is 60.7 Å². The molecular weight excluding hydrogens is 552 g/mol. The number of nitrogens with zero attached hydrogens (tertiary/aromatic N) is 4. The summed E-state index contributed by atoms with van der Waals surface area (Å²) in [7, 11) is 0. The van der Waals surface area contributed by atoms with Crippen molar-refractivity contribution in [3.63, 3.8) is 0 Å². The average molecular weight is 601 g/mol. The quantitative estimate of drug-likeness (QED) is 0.348. The van der Waals surface area contributed by atoms with Crippen molar-refractivity contribution in [2.24, 2.45) is 11.8 Å². The molecule has 0 radical (unpaired) electrons. The van der Waals surface area contributed by atoms with Gasteiger partial charge in [-0.2, -0.15) is 10.5 Å². The number of carbonyl (C=O) groups is 2. The molecule has 0 spiro atoms. The maximum atomic E-state index is 12.5. The van der Waals surface area contributed by atoms with E-state index in [1.165, 1.54) is 0 Å². The van der Waals surface area contributed by atoms with E-state index >= 15 is 0 Å². The highest BCUT2D eigenvalue weighted by Crippen LogP contribution is 2.37. The second-order valence-corrected chi connectivity index (χ2v) is 13.7. The van der Waals surface area contributed by atoms with Crippen LogP contribution in [0.4, 0.5) is 9.59 Å². The van der Waals surface area contributed by atoms with Gasteiger partial charge in [0, 0.05) is 25.9 Å². The van der Waals surface area contributed by atoms with E-state index in [9.17, 15) is 9.59 Å². The van der Waals surface area contributed by atoms with Gasteiger partial charge >= 0.3 is 12.2 Å². The van der Waals surface area contributed by atoms with Crippen LogP contribution in [0.25, 0.3) is 0 Å². The molecular formula is C36H48N4O4. The second-order valence-electron chi connectivity index (χ2n) is 13.7. The number of rotatable bonds is 4. The van der Waals surface area contributed by atoms with Crippen LogP contribution in [-0.2, 0) is 9.47 Å². The third kappa shape index (κ3) is 10.6. The standard InChI is InChI=1S/2C18H24N2O2/c2*1-18(2,3)22-17(21)20-12-10-14(9-11-19)13-16(20)15-7-5-4-6-8-15/h2*4-8,14,16H,9-10,12-13H2,1-3H3. The Kier molecular flexibility index (Phi) is 12.2. The Labute approximate surface area is 263 Å². The van der Waals surface area contributed by atoms with E-state index in [1.807, 2.05) is 112 Å². The van der Waals surface area contributed by atoms with Crippen LogP contribution < -0.4 is 0 Å². The molecule has 0 aliphatic carbocycles. The Morgan fingerprint density at radius 3 is 1.32 bits per heavy atom. The van der Waals surface area contributed by atoms with Crippen LogP contribution in [0.3, 0.4) is 0 Å². The molecule has 2 aliphatic heterocycles. The summed E-state index contributed by atoms with van der Waals surface area (Å²) in [6, 6.07) is 24.5. The molecule has 8 heteroatoms. The number of nitriles is 2. The van der Waals surface area contributed by atoms with Crippen molar-refractivity contribution in [2.45, 2.75) is 103 Å². The van der Waals surface area contributed by atoms with Gasteiger partial charge in [0.25, 0.3) is 0 Å². The molecule has 0 N–H and O–H groups in total. The van der Waals surface area contributed by atoms with E-state index in [2.05, 4.69) is 12.1 Å². The zero-order valence-corrected chi connectivity index (χ0v) is 27.2. The number of hydrogen-bond donors (Lipinski definition) is 0. The summed E-state index contributed by atoms with van der Waals surface area (Å²) in [4.78, 5) is 28.6. The summed E-state index contributed by atoms with van der Waals surface area (Å²) in [6.45, 7) is 12.6. The molecule has 2 saturated heterocycles. The number of carbonyl (C=O) groups excluding carboxylic acids is 2. The molecule has 4 atom stereocenters.